The average Bonchev–Trinajstić information content (AvgIpc) is 2.65. The van der Waals surface area contributed by atoms with Gasteiger partial charge in [-0.3, -0.25) is 4.79 Å². The van der Waals surface area contributed by atoms with Gasteiger partial charge in [-0.05, 0) is 56.2 Å². The Morgan fingerprint density at radius 1 is 1.08 bits per heavy atom. The van der Waals surface area contributed by atoms with E-state index in [0.29, 0.717) is 23.7 Å². The largest absolute Gasteiger partial charge is 0.497 e. The summed E-state index contributed by atoms with van der Waals surface area (Å²) in [7, 11) is 3.22. The number of benzene rings is 2. The Morgan fingerprint density at radius 2 is 1.85 bits per heavy atom. The molecule has 0 saturated carbocycles. The van der Waals surface area contributed by atoms with E-state index in [0.717, 1.165) is 11.1 Å². The van der Waals surface area contributed by atoms with Crippen LogP contribution in [0.15, 0.2) is 42.5 Å². The first kappa shape index (κ1) is 19.6. The molecule has 1 N–H and O–H groups in total. The molecule has 0 spiro atoms. The molecule has 2 rings (SSSR count). The predicted molar refractivity (Wildman–Crippen MR) is 102 cm³/mol. The number of nitrogens with one attached hydrogen (secondary N) is 1. The van der Waals surface area contributed by atoms with Gasteiger partial charge in [-0.15, -0.1) is 0 Å². The zero-order valence-electron chi connectivity index (χ0n) is 16.0. The van der Waals surface area contributed by atoms with Crippen LogP contribution in [0, 0.1) is 6.92 Å². The lowest BCUT2D eigenvalue weighted by atomic mass is 10.1. The third kappa shape index (κ3) is 4.91. The van der Waals surface area contributed by atoms with Crippen molar-refractivity contribution in [3.8, 4) is 17.2 Å². The van der Waals surface area contributed by atoms with Gasteiger partial charge in [-0.2, -0.15) is 0 Å². The molecule has 0 radical (unpaired) electrons. The normalized spacial score (nSPS) is 12.8. The second-order valence-corrected chi connectivity index (χ2v) is 6.17. The van der Waals surface area contributed by atoms with Crippen LogP contribution in [-0.2, 0) is 4.79 Å². The van der Waals surface area contributed by atoms with Crippen molar-refractivity contribution in [3.05, 3.63) is 53.6 Å². The molecule has 0 aromatic heterocycles. The van der Waals surface area contributed by atoms with Crippen LogP contribution < -0.4 is 19.5 Å². The number of methoxy groups -OCH3 is 2. The lowest BCUT2D eigenvalue weighted by molar-refractivity contribution is -0.128. The summed E-state index contributed by atoms with van der Waals surface area (Å²) in [6.45, 7) is 5.83. The summed E-state index contributed by atoms with van der Waals surface area (Å²) in [5.74, 6) is 1.95. The van der Waals surface area contributed by atoms with Gasteiger partial charge >= 0.3 is 0 Å². The molecular formula is C21H27NO4. The number of carbonyl (C=O) groups is 1. The van der Waals surface area contributed by atoms with Gasteiger partial charge in [-0.25, -0.2) is 0 Å². The van der Waals surface area contributed by atoms with Gasteiger partial charge in [0.25, 0.3) is 5.91 Å². The molecule has 5 nitrogen and oxygen atoms in total. The van der Waals surface area contributed by atoms with Crippen LogP contribution in [-0.4, -0.2) is 26.2 Å². The fraction of sp³-hybridized carbons (Fsp3) is 0.381. The molecule has 0 saturated heterocycles. The highest BCUT2D eigenvalue weighted by Gasteiger charge is 2.22. The highest BCUT2D eigenvalue weighted by Crippen LogP contribution is 2.29. The van der Waals surface area contributed by atoms with E-state index in [-0.39, 0.29) is 11.9 Å². The Kier molecular flexibility index (Phi) is 6.89. The molecule has 140 valence electrons. The van der Waals surface area contributed by atoms with Crippen molar-refractivity contribution in [2.24, 2.45) is 0 Å². The van der Waals surface area contributed by atoms with E-state index in [2.05, 4.69) is 5.32 Å². The van der Waals surface area contributed by atoms with E-state index in [1.165, 1.54) is 0 Å². The smallest absolute Gasteiger partial charge is 0.261 e. The van der Waals surface area contributed by atoms with E-state index >= 15 is 0 Å². The van der Waals surface area contributed by atoms with Crippen LogP contribution in [0.1, 0.15) is 37.4 Å². The van der Waals surface area contributed by atoms with Crippen LogP contribution in [0.4, 0.5) is 0 Å². The van der Waals surface area contributed by atoms with Gasteiger partial charge in [0.05, 0.1) is 20.3 Å². The summed E-state index contributed by atoms with van der Waals surface area (Å²) in [5.41, 5.74) is 1.94. The standard InChI is InChI=1S/C21H27NO4/c1-6-19(26-17-9-7-8-14(2)12-17)21(23)22-15(3)18-13-16(24-4)10-11-20(18)25-5/h7-13,15,19H,6H2,1-5H3,(H,22,23). The maximum atomic E-state index is 12.7. The Bertz CT molecular complexity index is 745. The van der Waals surface area contributed by atoms with E-state index < -0.39 is 6.10 Å². The van der Waals surface area contributed by atoms with E-state index in [9.17, 15) is 4.79 Å². The SMILES string of the molecule is CCC(Oc1cccc(C)c1)C(=O)NC(C)c1cc(OC)ccc1OC. The molecule has 0 aliphatic rings. The number of ether oxygens (including phenoxy) is 3. The lowest BCUT2D eigenvalue weighted by Crippen LogP contribution is -2.39. The van der Waals surface area contributed by atoms with Crippen molar-refractivity contribution in [1.82, 2.24) is 5.32 Å². The molecular weight excluding hydrogens is 330 g/mol. The van der Waals surface area contributed by atoms with Gasteiger partial charge in [-0.1, -0.05) is 19.1 Å². The molecule has 2 aromatic rings. The summed E-state index contributed by atoms with van der Waals surface area (Å²) >= 11 is 0. The molecule has 2 aromatic carbocycles. The molecule has 2 atom stereocenters. The van der Waals surface area contributed by atoms with Crippen LogP contribution in [0.3, 0.4) is 0 Å². The monoisotopic (exact) mass is 357 g/mol. The number of rotatable bonds is 8. The molecule has 0 heterocycles. The second kappa shape index (κ2) is 9.13. The highest BCUT2D eigenvalue weighted by molar-refractivity contribution is 5.81. The molecule has 0 bridgehead atoms. The average molecular weight is 357 g/mol. The summed E-state index contributed by atoms with van der Waals surface area (Å²) in [5, 5.41) is 3.01. The van der Waals surface area contributed by atoms with Gasteiger partial charge in [0.2, 0.25) is 0 Å². The number of hydrogen-bond donors (Lipinski definition) is 1. The fourth-order valence-corrected chi connectivity index (χ4v) is 2.74. The highest BCUT2D eigenvalue weighted by atomic mass is 16.5. The van der Waals surface area contributed by atoms with E-state index in [1.807, 2.05) is 63.2 Å². The van der Waals surface area contributed by atoms with Gasteiger partial charge in [0, 0.05) is 5.56 Å². The first-order chi connectivity index (χ1) is 12.5. The maximum absolute atomic E-state index is 12.7. The predicted octanol–water partition coefficient (Wildman–Crippen LogP) is 4.05. The minimum Gasteiger partial charge on any atom is -0.497 e. The van der Waals surface area contributed by atoms with Crippen molar-refractivity contribution < 1.29 is 19.0 Å². The number of amides is 1. The summed E-state index contributed by atoms with van der Waals surface area (Å²) in [4.78, 5) is 12.7. The first-order valence-electron chi connectivity index (χ1n) is 8.74. The van der Waals surface area contributed by atoms with Crippen LogP contribution in [0.5, 0.6) is 17.2 Å². The number of aryl methyl sites for hydroxylation is 1. The molecule has 0 fully saturated rings. The van der Waals surface area contributed by atoms with Gasteiger partial charge in [0.1, 0.15) is 17.2 Å². The molecule has 0 aliphatic carbocycles. The molecule has 5 heteroatoms. The third-order valence-corrected chi connectivity index (χ3v) is 4.19. The summed E-state index contributed by atoms with van der Waals surface area (Å²) in [6.07, 6.45) is 0.0118. The molecule has 1 amide bonds. The molecule has 26 heavy (non-hydrogen) atoms. The Balaban J connectivity index is 2.11. The quantitative estimate of drug-likeness (QED) is 0.774. The third-order valence-electron chi connectivity index (χ3n) is 4.19. The molecule has 0 aliphatic heterocycles. The topological polar surface area (TPSA) is 56.8 Å². The fourth-order valence-electron chi connectivity index (χ4n) is 2.74. The van der Waals surface area contributed by atoms with Crippen LogP contribution in [0.25, 0.3) is 0 Å². The van der Waals surface area contributed by atoms with Gasteiger partial charge < -0.3 is 19.5 Å². The second-order valence-electron chi connectivity index (χ2n) is 6.17. The van der Waals surface area contributed by atoms with E-state index in [4.69, 9.17) is 14.2 Å². The lowest BCUT2D eigenvalue weighted by Gasteiger charge is -2.22. The zero-order valence-corrected chi connectivity index (χ0v) is 16.0. The maximum Gasteiger partial charge on any atom is 0.261 e. The Labute approximate surface area is 155 Å². The minimum absolute atomic E-state index is 0.161. The minimum atomic E-state index is -0.559. The summed E-state index contributed by atoms with van der Waals surface area (Å²) in [6, 6.07) is 13.0. The number of carbonyl (C=O) groups excluding carboxylic acids is 1. The van der Waals surface area contributed by atoms with Crippen molar-refractivity contribution in [2.75, 3.05) is 14.2 Å². The Hall–Kier alpha value is -2.69. The van der Waals surface area contributed by atoms with Crippen molar-refractivity contribution in [2.45, 2.75) is 39.3 Å². The van der Waals surface area contributed by atoms with Crippen molar-refractivity contribution in [3.63, 3.8) is 0 Å². The van der Waals surface area contributed by atoms with Crippen molar-refractivity contribution in [1.29, 1.82) is 0 Å². The summed E-state index contributed by atoms with van der Waals surface area (Å²) < 4.78 is 16.6. The van der Waals surface area contributed by atoms with Gasteiger partial charge in [0.15, 0.2) is 6.10 Å². The van der Waals surface area contributed by atoms with E-state index in [1.54, 1.807) is 14.2 Å². The Morgan fingerprint density at radius 3 is 2.46 bits per heavy atom. The van der Waals surface area contributed by atoms with Crippen LogP contribution in [0.2, 0.25) is 0 Å². The van der Waals surface area contributed by atoms with Crippen LogP contribution >= 0.6 is 0 Å². The first-order valence-corrected chi connectivity index (χ1v) is 8.74. The van der Waals surface area contributed by atoms with Crippen molar-refractivity contribution >= 4 is 5.91 Å². The molecule has 2 unspecified atom stereocenters. The zero-order chi connectivity index (χ0) is 19.1. The number of hydrogen-bond acceptors (Lipinski definition) is 4.